The number of hydrogen-bond donors (Lipinski definition) is 0. The molecule has 24 heavy (non-hydrogen) atoms. The largest absolute Gasteiger partial charge is 0.286 e. The molecule has 1 fully saturated rings. The van der Waals surface area contributed by atoms with E-state index in [9.17, 15) is 0 Å². The first-order valence-electron chi connectivity index (χ1n) is 8.96. The standard InChI is InChI=1S/C18H25N5S/c1-10(2)17-19-8-13-14(20-17)7-12-5-6-15(13)23(12)9-16-21-22-18(24-16)11(3)4/h8,10-12,15H,5-7,9H2,1-4H3. The van der Waals surface area contributed by atoms with Crippen molar-refractivity contribution >= 4 is 11.3 Å². The molecule has 5 nitrogen and oxygen atoms in total. The van der Waals surface area contributed by atoms with Gasteiger partial charge in [0.25, 0.3) is 0 Å². The van der Waals surface area contributed by atoms with Crippen molar-refractivity contribution in [1.82, 2.24) is 25.1 Å². The highest BCUT2D eigenvalue weighted by atomic mass is 32.1. The molecular formula is C18H25N5S. The van der Waals surface area contributed by atoms with E-state index in [2.05, 4.69) is 54.0 Å². The Bertz CT molecular complexity index is 739. The van der Waals surface area contributed by atoms with Gasteiger partial charge in [0.2, 0.25) is 0 Å². The van der Waals surface area contributed by atoms with E-state index in [-0.39, 0.29) is 0 Å². The monoisotopic (exact) mass is 343 g/mol. The van der Waals surface area contributed by atoms with Crippen LogP contribution in [0.25, 0.3) is 0 Å². The average Bonchev–Trinajstić information content (AvgIpc) is 3.11. The fourth-order valence-corrected chi connectivity index (χ4v) is 4.69. The number of nitrogens with zero attached hydrogens (tertiary/aromatic N) is 5. The molecule has 2 atom stereocenters. The fraction of sp³-hybridized carbons (Fsp3) is 0.667. The Morgan fingerprint density at radius 2 is 2.00 bits per heavy atom. The van der Waals surface area contributed by atoms with E-state index in [0.717, 1.165) is 28.8 Å². The van der Waals surface area contributed by atoms with Gasteiger partial charge in [0.15, 0.2) is 0 Å². The van der Waals surface area contributed by atoms with Crippen LogP contribution in [0.1, 0.15) is 85.5 Å². The molecular weight excluding hydrogens is 318 g/mol. The van der Waals surface area contributed by atoms with E-state index in [0.29, 0.717) is 23.9 Å². The van der Waals surface area contributed by atoms with Crippen LogP contribution in [0, 0.1) is 0 Å². The molecule has 4 heterocycles. The predicted octanol–water partition coefficient (Wildman–Crippen LogP) is 3.84. The van der Waals surface area contributed by atoms with Crippen LogP contribution in [0.4, 0.5) is 0 Å². The molecule has 0 aromatic carbocycles. The quantitative estimate of drug-likeness (QED) is 0.844. The molecule has 0 saturated carbocycles. The van der Waals surface area contributed by atoms with Crippen molar-refractivity contribution in [3.8, 4) is 0 Å². The molecule has 6 heteroatoms. The van der Waals surface area contributed by atoms with Gasteiger partial charge in [-0.25, -0.2) is 9.97 Å². The molecule has 0 radical (unpaired) electrons. The summed E-state index contributed by atoms with van der Waals surface area (Å²) in [5.41, 5.74) is 2.61. The van der Waals surface area contributed by atoms with Crippen LogP contribution < -0.4 is 0 Å². The SMILES string of the molecule is CC(C)c1ncc2c(n1)CC1CCC2N1Cc1nnc(C(C)C)s1. The van der Waals surface area contributed by atoms with Gasteiger partial charge in [0.1, 0.15) is 15.8 Å². The summed E-state index contributed by atoms with van der Waals surface area (Å²) in [5.74, 6) is 1.83. The van der Waals surface area contributed by atoms with Crippen LogP contribution in [0.3, 0.4) is 0 Å². The molecule has 128 valence electrons. The second kappa shape index (κ2) is 6.15. The Morgan fingerprint density at radius 1 is 1.17 bits per heavy atom. The minimum atomic E-state index is 0.391. The van der Waals surface area contributed by atoms with Crippen molar-refractivity contribution < 1.29 is 0 Å². The highest BCUT2D eigenvalue weighted by molar-refractivity contribution is 7.11. The normalized spacial score (nSPS) is 23.2. The van der Waals surface area contributed by atoms with E-state index in [1.54, 1.807) is 11.3 Å². The summed E-state index contributed by atoms with van der Waals surface area (Å²) in [6.07, 6.45) is 5.58. The van der Waals surface area contributed by atoms with Gasteiger partial charge in [-0.3, -0.25) is 4.90 Å². The van der Waals surface area contributed by atoms with Gasteiger partial charge in [-0.1, -0.05) is 39.0 Å². The molecule has 2 unspecified atom stereocenters. The number of rotatable bonds is 4. The van der Waals surface area contributed by atoms with Crippen molar-refractivity contribution in [3.63, 3.8) is 0 Å². The molecule has 1 saturated heterocycles. The summed E-state index contributed by atoms with van der Waals surface area (Å²) < 4.78 is 0. The summed E-state index contributed by atoms with van der Waals surface area (Å²) in [6.45, 7) is 9.58. The Balaban J connectivity index is 1.58. The minimum absolute atomic E-state index is 0.391. The van der Waals surface area contributed by atoms with Crippen LogP contribution in [-0.2, 0) is 13.0 Å². The van der Waals surface area contributed by atoms with Crippen molar-refractivity contribution in [1.29, 1.82) is 0 Å². The van der Waals surface area contributed by atoms with E-state index in [1.807, 2.05) is 0 Å². The highest BCUT2D eigenvalue weighted by Gasteiger charge is 2.41. The van der Waals surface area contributed by atoms with Crippen LogP contribution in [0.5, 0.6) is 0 Å². The highest BCUT2D eigenvalue weighted by Crippen LogP contribution is 2.44. The Morgan fingerprint density at radius 3 is 2.71 bits per heavy atom. The van der Waals surface area contributed by atoms with E-state index >= 15 is 0 Å². The first-order chi connectivity index (χ1) is 11.5. The lowest BCUT2D eigenvalue weighted by molar-refractivity contribution is 0.165. The molecule has 0 spiro atoms. The van der Waals surface area contributed by atoms with Gasteiger partial charge in [-0.15, -0.1) is 10.2 Å². The maximum absolute atomic E-state index is 4.86. The molecule has 0 aliphatic carbocycles. The third-order valence-corrected chi connectivity index (χ3v) is 6.37. The predicted molar refractivity (Wildman–Crippen MR) is 95.1 cm³/mol. The summed E-state index contributed by atoms with van der Waals surface area (Å²) in [4.78, 5) is 12.1. The third kappa shape index (κ3) is 2.75. The molecule has 2 aliphatic rings. The van der Waals surface area contributed by atoms with Crippen molar-refractivity contribution in [3.05, 3.63) is 33.3 Å². The molecule has 4 rings (SSSR count). The van der Waals surface area contributed by atoms with Gasteiger partial charge < -0.3 is 0 Å². The summed E-state index contributed by atoms with van der Waals surface area (Å²) in [6, 6.07) is 1.04. The van der Waals surface area contributed by atoms with Gasteiger partial charge in [0.05, 0.1) is 12.2 Å². The van der Waals surface area contributed by atoms with Crippen molar-refractivity contribution in [2.45, 2.75) is 77.4 Å². The molecule has 0 N–H and O–H groups in total. The van der Waals surface area contributed by atoms with Gasteiger partial charge >= 0.3 is 0 Å². The molecule has 0 amide bonds. The first-order valence-corrected chi connectivity index (χ1v) is 9.78. The minimum Gasteiger partial charge on any atom is -0.286 e. The molecule has 2 bridgehead atoms. The average molecular weight is 344 g/mol. The summed E-state index contributed by atoms with van der Waals surface area (Å²) >= 11 is 1.76. The Hall–Kier alpha value is -1.40. The molecule has 2 aromatic rings. The zero-order valence-corrected chi connectivity index (χ0v) is 15.7. The van der Waals surface area contributed by atoms with E-state index < -0.39 is 0 Å². The topological polar surface area (TPSA) is 54.8 Å². The molecule has 2 aromatic heterocycles. The number of hydrogen-bond acceptors (Lipinski definition) is 6. The summed E-state index contributed by atoms with van der Waals surface area (Å²) in [5, 5.41) is 11.0. The zero-order chi connectivity index (χ0) is 16.8. The molecule has 2 aliphatic heterocycles. The second-order valence-corrected chi connectivity index (χ2v) is 8.69. The lowest BCUT2D eigenvalue weighted by Crippen LogP contribution is -2.37. The third-order valence-electron chi connectivity index (χ3n) is 5.16. The van der Waals surface area contributed by atoms with E-state index in [1.165, 1.54) is 24.1 Å². The van der Waals surface area contributed by atoms with Gasteiger partial charge in [-0.05, 0) is 12.8 Å². The lowest BCUT2D eigenvalue weighted by Gasteiger charge is -2.35. The number of fused-ring (bicyclic) bond motifs is 4. The maximum atomic E-state index is 4.86. The van der Waals surface area contributed by atoms with Gasteiger partial charge in [-0.2, -0.15) is 0 Å². The smallest absolute Gasteiger partial charge is 0.131 e. The second-order valence-electron chi connectivity index (χ2n) is 7.60. The fourth-order valence-electron chi connectivity index (χ4n) is 3.83. The summed E-state index contributed by atoms with van der Waals surface area (Å²) in [7, 11) is 0. The zero-order valence-electron chi connectivity index (χ0n) is 14.9. The first kappa shape index (κ1) is 16.1. The van der Waals surface area contributed by atoms with Crippen LogP contribution in [0.2, 0.25) is 0 Å². The Labute approximate surface area is 147 Å². The van der Waals surface area contributed by atoms with Crippen LogP contribution in [0.15, 0.2) is 6.20 Å². The maximum Gasteiger partial charge on any atom is 0.131 e. The van der Waals surface area contributed by atoms with Crippen molar-refractivity contribution in [2.75, 3.05) is 0 Å². The van der Waals surface area contributed by atoms with Crippen LogP contribution in [-0.4, -0.2) is 31.1 Å². The lowest BCUT2D eigenvalue weighted by atomic mass is 9.99. The number of aromatic nitrogens is 4. The van der Waals surface area contributed by atoms with Gasteiger partial charge in [0, 0.05) is 42.1 Å². The Kier molecular flexibility index (Phi) is 4.12. The van der Waals surface area contributed by atoms with E-state index in [4.69, 9.17) is 4.98 Å². The van der Waals surface area contributed by atoms with Crippen LogP contribution >= 0.6 is 11.3 Å². The van der Waals surface area contributed by atoms with Crippen molar-refractivity contribution in [2.24, 2.45) is 0 Å².